The van der Waals surface area contributed by atoms with Gasteiger partial charge in [0.05, 0.1) is 21.3 Å². The number of hydrogen-bond acceptors (Lipinski definition) is 1. The third kappa shape index (κ3) is 3.07. The van der Waals surface area contributed by atoms with Gasteiger partial charge in [-0.1, -0.05) is 61.2 Å². The van der Waals surface area contributed by atoms with Gasteiger partial charge in [-0.05, 0) is 36.2 Å². The summed E-state index contributed by atoms with van der Waals surface area (Å²) in [6.45, 7) is 8.87. The molecule has 1 aromatic carbocycles. The van der Waals surface area contributed by atoms with Crippen molar-refractivity contribution in [1.82, 2.24) is 0 Å². The first-order chi connectivity index (χ1) is 9.52. The van der Waals surface area contributed by atoms with Gasteiger partial charge in [0, 0.05) is 0 Å². The molecule has 1 saturated carbocycles. The van der Waals surface area contributed by atoms with Crippen LogP contribution in [0.2, 0.25) is 19.6 Å². The average Bonchev–Trinajstić information content (AvgIpc) is 3.00. The molecule has 0 spiro atoms. The number of hydrogen-bond donors (Lipinski definition) is 0. The van der Waals surface area contributed by atoms with Gasteiger partial charge in [0.1, 0.15) is 0 Å². The molecule has 3 atom stereocenters. The molecule has 0 radical (unpaired) electrons. The van der Waals surface area contributed by atoms with Crippen molar-refractivity contribution in [2.24, 2.45) is 17.8 Å². The van der Waals surface area contributed by atoms with E-state index in [2.05, 4.69) is 56.1 Å². The minimum absolute atomic E-state index is 0.767. The Morgan fingerprint density at radius 2 is 1.80 bits per heavy atom. The summed E-state index contributed by atoms with van der Waals surface area (Å²) in [5, 5.41) is 1.53. The third-order valence-corrected chi connectivity index (χ3v) is 6.90. The van der Waals surface area contributed by atoms with E-state index in [4.69, 9.17) is 4.74 Å². The van der Waals surface area contributed by atoms with Gasteiger partial charge in [0.15, 0.2) is 0 Å². The van der Waals surface area contributed by atoms with Crippen LogP contribution in [0.3, 0.4) is 0 Å². The molecule has 1 aromatic rings. The molecule has 0 saturated heterocycles. The maximum absolute atomic E-state index is 5.96. The smallest absolute Gasteiger partial charge is 0.0775 e. The molecule has 0 amide bonds. The minimum Gasteiger partial charge on any atom is -0.376 e. The second-order valence-electron chi connectivity index (χ2n) is 7.50. The molecule has 2 aliphatic carbocycles. The van der Waals surface area contributed by atoms with Crippen molar-refractivity contribution in [2.45, 2.75) is 39.1 Å². The lowest BCUT2D eigenvalue weighted by atomic mass is 9.95. The summed E-state index contributed by atoms with van der Waals surface area (Å²) >= 11 is 0. The molecule has 3 rings (SSSR count). The quantitative estimate of drug-likeness (QED) is 0.588. The normalized spacial score (nSPS) is 28.2. The van der Waals surface area contributed by atoms with Crippen molar-refractivity contribution < 1.29 is 4.74 Å². The highest BCUT2D eigenvalue weighted by Crippen LogP contribution is 2.43. The molecule has 0 aliphatic heterocycles. The summed E-state index contributed by atoms with van der Waals surface area (Å²) in [5.74, 6) is 2.42. The molecule has 1 fully saturated rings. The molecule has 2 aliphatic rings. The lowest BCUT2D eigenvalue weighted by Crippen LogP contribution is -2.37. The lowest BCUT2D eigenvalue weighted by molar-refractivity contribution is 0.0788. The Morgan fingerprint density at radius 3 is 2.35 bits per heavy atom. The topological polar surface area (TPSA) is 9.23 Å². The Hall–Kier alpha value is -0.863. The zero-order valence-electron chi connectivity index (χ0n) is 12.9. The van der Waals surface area contributed by atoms with E-state index in [9.17, 15) is 0 Å². The molecule has 1 nitrogen and oxygen atoms in total. The van der Waals surface area contributed by atoms with Crippen molar-refractivity contribution in [1.29, 1.82) is 0 Å². The fourth-order valence-electron chi connectivity index (χ4n) is 3.52. The maximum Gasteiger partial charge on any atom is 0.0775 e. The van der Waals surface area contributed by atoms with Gasteiger partial charge in [0.25, 0.3) is 0 Å². The predicted molar refractivity (Wildman–Crippen MR) is 87.9 cm³/mol. The molecular formula is C18H26OSi. The second kappa shape index (κ2) is 5.49. The first-order valence-electron chi connectivity index (χ1n) is 7.88. The standard InChI is InChI=1S/C18H26OSi/c1-20(2,3)18-8-5-14(6-9-18)12-19-13-17-11-15-4-7-16(17)10-15/h4-9,15-17H,10-13H2,1-3H3. The molecule has 0 aromatic heterocycles. The van der Waals surface area contributed by atoms with E-state index in [0.717, 1.165) is 31.0 Å². The van der Waals surface area contributed by atoms with E-state index in [-0.39, 0.29) is 0 Å². The fourth-order valence-corrected chi connectivity index (χ4v) is 4.68. The maximum atomic E-state index is 5.96. The van der Waals surface area contributed by atoms with Crippen LogP contribution in [-0.2, 0) is 11.3 Å². The second-order valence-corrected chi connectivity index (χ2v) is 12.6. The Bertz CT molecular complexity index is 483. The van der Waals surface area contributed by atoms with Crippen LogP contribution in [0.25, 0.3) is 0 Å². The Kier molecular flexibility index (Phi) is 3.87. The fraction of sp³-hybridized carbons (Fsp3) is 0.556. The van der Waals surface area contributed by atoms with Gasteiger partial charge in [0.2, 0.25) is 0 Å². The Labute approximate surface area is 124 Å². The van der Waals surface area contributed by atoms with Gasteiger partial charge in [-0.25, -0.2) is 0 Å². The molecule has 0 N–H and O–H groups in total. The Balaban J connectivity index is 1.48. The minimum atomic E-state index is -1.17. The van der Waals surface area contributed by atoms with Crippen molar-refractivity contribution in [3.63, 3.8) is 0 Å². The molecular weight excluding hydrogens is 260 g/mol. The number of fused-ring (bicyclic) bond motifs is 2. The van der Waals surface area contributed by atoms with E-state index < -0.39 is 8.07 Å². The Morgan fingerprint density at radius 1 is 1.05 bits per heavy atom. The number of benzene rings is 1. The average molecular weight is 286 g/mol. The molecule has 0 heterocycles. The summed E-state index contributed by atoms with van der Waals surface area (Å²) in [4.78, 5) is 0. The van der Waals surface area contributed by atoms with Crippen LogP contribution < -0.4 is 5.19 Å². The SMILES string of the molecule is C[Si](C)(C)c1ccc(COCC2CC3C=CC2C3)cc1. The molecule has 20 heavy (non-hydrogen) atoms. The van der Waals surface area contributed by atoms with E-state index >= 15 is 0 Å². The van der Waals surface area contributed by atoms with Gasteiger partial charge in [-0.3, -0.25) is 0 Å². The van der Waals surface area contributed by atoms with Gasteiger partial charge < -0.3 is 4.74 Å². The summed E-state index contributed by atoms with van der Waals surface area (Å²) in [6, 6.07) is 9.08. The monoisotopic (exact) mass is 286 g/mol. The van der Waals surface area contributed by atoms with Gasteiger partial charge >= 0.3 is 0 Å². The lowest BCUT2D eigenvalue weighted by Gasteiger charge is -2.19. The van der Waals surface area contributed by atoms with Crippen molar-refractivity contribution in [2.75, 3.05) is 6.61 Å². The zero-order chi connectivity index (χ0) is 14.2. The van der Waals surface area contributed by atoms with Crippen LogP contribution in [0.15, 0.2) is 36.4 Å². The number of ether oxygens (including phenoxy) is 1. The van der Waals surface area contributed by atoms with Crippen LogP contribution in [0.5, 0.6) is 0 Å². The molecule has 3 unspecified atom stereocenters. The van der Waals surface area contributed by atoms with E-state index in [0.29, 0.717) is 0 Å². The van der Waals surface area contributed by atoms with Gasteiger partial charge in [-0.15, -0.1) is 0 Å². The molecule has 2 bridgehead atoms. The summed E-state index contributed by atoms with van der Waals surface area (Å²) < 4.78 is 5.96. The third-order valence-electron chi connectivity index (χ3n) is 4.84. The van der Waals surface area contributed by atoms with Crippen molar-refractivity contribution >= 4 is 13.3 Å². The number of rotatable bonds is 5. The van der Waals surface area contributed by atoms with E-state index in [1.165, 1.54) is 23.6 Å². The first kappa shape index (κ1) is 14.1. The van der Waals surface area contributed by atoms with Gasteiger partial charge in [-0.2, -0.15) is 0 Å². The van der Waals surface area contributed by atoms with E-state index in [1.807, 2.05) is 0 Å². The van der Waals surface area contributed by atoms with Crippen LogP contribution in [0.1, 0.15) is 18.4 Å². The highest BCUT2D eigenvalue weighted by atomic mass is 28.3. The van der Waals surface area contributed by atoms with Crippen molar-refractivity contribution in [3.8, 4) is 0 Å². The van der Waals surface area contributed by atoms with Crippen LogP contribution >= 0.6 is 0 Å². The zero-order valence-corrected chi connectivity index (χ0v) is 13.9. The first-order valence-corrected chi connectivity index (χ1v) is 11.4. The predicted octanol–water partition coefficient (Wildman–Crippen LogP) is 3.96. The summed E-state index contributed by atoms with van der Waals surface area (Å²) in [5.41, 5.74) is 1.31. The summed E-state index contributed by atoms with van der Waals surface area (Å²) in [7, 11) is -1.17. The van der Waals surface area contributed by atoms with Crippen LogP contribution in [0.4, 0.5) is 0 Å². The van der Waals surface area contributed by atoms with Crippen LogP contribution in [0, 0.1) is 17.8 Å². The molecule has 2 heteroatoms. The van der Waals surface area contributed by atoms with Crippen molar-refractivity contribution in [3.05, 3.63) is 42.0 Å². The largest absolute Gasteiger partial charge is 0.376 e. The van der Waals surface area contributed by atoms with E-state index in [1.54, 1.807) is 0 Å². The highest BCUT2D eigenvalue weighted by molar-refractivity contribution is 6.88. The van der Waals surface area contributed by atoms with Crippen LogP contribution in [-0.4, -0.2) is 14.7 Å². The summed E-state index contributed by atoms with van der Waals surface area (Å²) in [6.07, 6.45) is 7.52. The highest BCUT2D eigenvalue weighted by Gasteiger charge is 2.35. The molecule has 108 valence electrons. The number of allylic oxidation sites excluding steroid dienone is 2.